The highest BCUT2D eigenvalue weighted by Crippen LogP contribution is 2.36. The van der Waals surface area contributed by atoms with Gasteiger partial charge in [-0.1, -0.05) is 6.92 Å². The molecule has 5 N–H and O–H groups in total. The van der Waals surface area contributed by atoms with E-state index in [1.807, 2.05) is 0 Å². The Balaban J connectivity index is 2.09. The zero-order chi connectivity index (χ0) is 14.4. The van der Waals surface area contributed by atoms with Crippen molar-refractivity contribution in [1.29, 1.82) is 0 Å². The smallest absolute Gasteiger partial charge is 0.297 e. The number of anilines is 1. The third-order valence-electron chi connectivity index (χ3n) is 3.47. The maximum atomic E-state index is 11.7. The molecular formula is C10H14N6O4. The van der Waals surface area contributed by atoms with Crippen LogP contribution >= 0.6 is 0 Å². The Kier molecular flexibility index (Phi) is 2.92. The molecule has 108 valence electrons. The number of H-pyrrole nitrogens is 1. The molecule has 3 heterocycles. The lowest BCUT2D eigenvalue weighted by atomic mass is 9.98. The first-order valence-electron chi connectivity index (χ1n) is 6.08. The molecule has 3 rings (SSSR count). The fourth-order valence-corrected chi connectivity index (χ4v) is 2.37. The maximum absolute atomic E-state index is 11.7. The van der Waals surface area contributed by atoms with E-state index in [4.69, 9.17) is 15.6 Å². The zero-order valence-corrected chi connectivity index (χ0v) is 10.6. The van der Waals surface area contributed by atoms with E-state index in [9.17, 15) is 9.90 Å². The standard InChI is InChI=1S/C10H14N6O4/c1-3-5(18)4(2-17)20-6(3)7-13-14-8-9(19)12-10(11)15-16(7)8/h3-6,17-18H,2H2,1H3,(H3,11,12,15,19)/t3-,4+,5-,6+/m0/s1. The van der Waals surface area contributed by atoms with Gasteiger partial charge in [0.1, 0.15) is 12.2 Å². The van der Waals surface area contributed by atoms with Gasteiger partial charge in [-0.15, -0.1) is 15.3 Å². The number of hydrogen-bond donors (Lipinski definition) is 4. The molecule has 1 fully saturated rings. The highest BCUT2D eigenvalue weighted by molar-refractivity contribution is 5.35. The summed E-state index contributed by atoms with van der Waals surface area (Å²) in [5, 5.41) is 30.7. The van der Waals surface area contributed by atoms with Crippen molar-refractivity contribution in [3.8, 4) is 0 Å². The van der Waals surface area contributed by atoms with Crippen molar-refractivity contribution in [3.05, 3.63) is 16.2 Å². The monoisotopic (exact) mass is 282 g/mol. The second kappa shape index (κ2) is 4.51. The van der Waals surface area contributed by atoms with E-state index < -0.39 is 23.9 Å². The molecule has 1 aliphatic heterocycles. The third kappa shape index (κ3) is 1.77. The Morgan fingerprint density at radius 3 is 2.90 bits per heavy atom. The predicted octanol–water partition coefficient (Wildman–Crippen LogP) is -2.18. The van der Waals surface area contributed by atoms with Gasteiger partial charge in [-0.3, -0.25) is 9.78 Å². The molecule has 4 atom stereocenters. The summed E-state index contributed by atoms with van der Waals surface area (Å²) in [6.07, 6.45) is -2.18. The number of aliphatic hydroxyl groups is 2. The predicted molar refractivity (Wildman–Crippen MR) is 65.7 cm³/mol. The van der Waals surface area contributed by atoms with Gasteiger partial charge in [-0.25, -0.2) is 0 Å². The van der Waals surface area contributed by atoms with Crippen LogP contribution in [-0.4, -0.2) is 53.8 Å². The van der Waals surface area contributed by atoms with Crippen molar-refractivity contribution in [3.63, 3.8) is 0 Å². The first kappa shape index (κ1) is 13.0. The van der Waals surface area contributed by atoms with Crippen molar-refractivity contribution < 1.29 is 14.9 Å². The van der Waals surface area contributed by atoms with E-state index in [1.165, 1.54) is 4.52 Å². The highest BCUT2D eigenvalue weighted by atomic mass is 16.5. The zero-order valence-electron chi connectivity index (χ0n) is 10.6. The molecule has 0 bridgehead atoms. The number of aromatic amines is 1. The molecule has 1 aliphatic rings. The second-order valence-electron chi connectivity index (χ2n) is 4.76. The molecule has 0 spiro atoms. The quantitative estimate of drug-likeness (QED) is 0.485. The molecule has 0 aliphatic carbocycles. The first-order chi connectivity index (χ1) is 9.52. The topological polar surface area (TPSA) is 152 Å². The Morgan fingerprint density at radius 1 is 1.50 bits per heavy atom. The molecule has 2 aromatic heterocycles. The maximum Gasteiger partial charge on any atom is 0.297 e. The van der Waals surface area contributed by atoms with E-state index in [0.717, 1.165) is 0 Å². The van der Waals surface area contributed by atoms with Gasteiger partial charge >= 0.3 is 0 Å². The van der Waals surface area contributed by atoms with Gasteiger partial charge < -0.3 is 20.7 Å². The number of ether oxygens (including phenoxy) is 1. The summed E-state index contributed by atoms with van der Waals surface area (Å²) in [6, 6.07) is 0. The summed E-state index contributed by atoms with van der Waals surface area (Å²) in [5.74, 6) is -0.143. The lowest BCUT2D eigenvalue weighted by Gasteiger charge is -2.12. The Bertz CT molecular complexity index is 697. The SMILES string of the molecule is C[C@H]1[C@H](O)[C@@H](CO)O[C@H]1c1nnc2c(=O)[nH]c(N)nn12. The largest absolute Gasteiger partial charge is 0.394 e. The van der Waals surface area contributed by atoms with Crippen LogP contribution in [0.15, 0.2) is 4.79 Å². The van der Waals surface area contributed by atoms with Gasteiger partial charge in [0.2, 0.25) is 11.6 Å². The molecule has 1 saturated heterocycles. The number of aliphatic hydroxyl groups excluding tert-OH is 2. The molecule has 10 nitrogen and oxygen atoms in total. The van der Waals surface area contributed by atoms with Gasteiger partial charge in [-0.2, -0.15) is 4.52 Å². The van der Waals surface area contributed by atoms with Gasteiger partial charge in [0.15, 0.2) is 5.82 Å². The van der Waals surface area contributed by atoms with E-state index in [1.54, 1.807) is 6.92 Å². The van der Waals surface area contributed by atoms with Crippen LogP contribution in [0.1, 0.15) is 18.9 Å². The summed E-state index contributed by atoms with van der Waals surface area (Å²) in [7, 11) is 0. The van der Waals surface area contributed by atoms with Gasteiger partial charge in [0, 0.05) is 5.92 Å². The number of nitrogen functional groups attached to an aromatic ring is 1. The van der Waals surface area contributed by atoms with E-state index >= 15 is 0 Å². The number of nitrogens with one attached hydrogen (secondary N) is 1. The molecule has 20 heavy (non-hydrogen) atoms. The molecule has 0 saturated carbocycles. The molecule has 0 unspecified atom stereocenters. The third-order valence-corrected chi connectivity index (χ3v) is 3.47. The Hall–Kier alpha value is -2.04. The number of nitrogens with two attached hydrogens (primary N) is 1. The highest BCUT2D eigenvalue weighted by Gasteiger charge is 2.43. The molecular weight excluding hydrogens is 268 g/mol. The summed E-state index contributed by atoms with van der Waals surface area (Å²) in [4.78, 5) is 14.0. The average molecular weight is 282 g/mol. The van der Waals surface area contributed by atoms with Crippen LogP contribution < -0.4 is 11.3 Å². The molecule has 10 heteroatoms. The number of hydrogen-bond acceptors (Lipinski definition) is 8. The van der Waals surface area contributed by atoms with Gasteiger partial charge in [0.25, 0.3) is 5.56 Å². The average Bonchev–Trinajstić information content (AvgIpc) is 2.93. The fraction of sp³-hybridized carbons (Fsp3) is 0.600. The number of fused-ring (bicyclic) bond motifs is 1. The summed E-state index contributed by atoms with van der Waals surface area (Å²) < 4.78 is 6.75. The van der Waals surface area contributed by atoms with Crippen molar-refractivity contribution >= 4 is 11.6 Å². The second-order valence-corrected chi connectivity index (χ2v) is 4.76. The van der Waals surface area contributed by atoms with Crippen LogP contribution in [-0.2, 0) is 4.74 Å². The number of nitrogens with zero attached hydrogens (tertiary/aromatic N) is 4. The van der Waals surface area contributed by atoms with Gasteiger partial charge in [0.05, 0.1) is 12.7 Å². The van der Waals surface area contributed by atoms with E-state index in [2.05, 4.69) is 20.3 Å². The Morgan fingerprint density at radius 2 is 2.25 bits per heavy atom. The number of aromatic nitrogens is 5. The summed E-state index contributed by atoms with van der Waals surface area (Å²) >= 11 is 0. The number of rotatable bonds is 2. The minimum atomic E-state index is -0.836. The lowest BCUT2D eigenvalue weighted by Crippen LogP contribution is -2.27. The van der Waals surface area contributed by atoms with E-state index in [-0.39, 0.29) is 29.9 Å². The van der Waals surface area contributed by atoms with Crippen LogP contribution in [0, 0.1) is 5.92 Å². The van der Waals surface area contributed by atoms with Crippen molar-refractivity contribution in [1.82, 2.24) is 24.8 Å². The van der Waals surface area contributed by atoms with Crippen LogP contribution in [0.25, 0.3) is 5.65 Å². The van der Waals surface area contributed by atoms with E-state index in [0.29, 0.717) is 0 Å². The van der Waals surface area contributed by atoms with Crippen LogP contribution in [0.3, 0.4) is 0 Å². The molecule has 2 aromatic rings. The minimum absolute atomic E-state index is 0.00746. The van der Waals surface area contributed by atoms with Crippen LogP contribution in [0.5, 0.6) is 0 Å². The van der Waals surface area contributed by atoms with Crippen molar-refractivity contribution in [2.45, 2.75) is 25.2 Å². The Labute approximate surface area is 112 Å². The molecule has 0 amide bonds. The van der Waals surface area contributed by atoms with Gasteiger partial charge in [-0.05, 0) is 0 Å². The lowest BCUT2D eigenvalue weighted by molar-refractivity contribution is -0.0253. The van der Waals surface area contributed by atoms with Crippen molar-refractivity contribution in [2.75, 3.05) is 12.3 Å². The van der Waals surface area contributed by atoms with Crippen LogP contribution in [0.4, 0.5) is 5.95 Å². The van der Waals surface area contributed by atoms with Crippen LogP contribution in [0.2, 0.25) is 0 Å². The molecule has 0 radical (unpaired) electrons. The summed E-state index contributed by atoms with van der Waals surface area (Å²) in [6.45, 7) is 1.44. The first-order valence-corrected chi connectivity index (χ1v) is 6.08. The fourth-order valence-electron chi connectivity index (χ4n) is 2.37. The summed E-state index contributed by atoms with van der Waals surface area (Å²) in [5.41, 5.74) is 4.97. The van der Waals surface area contributed by atoms with Crippen molar-refractivity contribution in [2.24, 2.45) is 5.92 Å². The minimum Gasteiger partial charge on any atom is -0.394 e. The normalized spacial score (nSPS) is 30.1. The molecule has 0 aromatic carbocycles.